The highest BCUT2D eigenvalue weighted by atomic mass is 79.9. The van der Waals surface area contributed by atoms with Crippen LogP contribution in [0.2, 0.25) is 0 Å². The van der Waals surface area contributed by atoms with Crippen LogP contribution in [0.1, 0.15) is 5.89 Å². The summed E-state index contributed by atoms with van der Waals surface area (Å²) in [6.45, 7) is 0. The lowest BCUT2D eigenvalue weighted by Crippen LogP contribution is -1.76. The van der Waals surface area contributed by atoms with Gasteiger partial charge in [-0.25, -0.2) is 9.37 Å². The zero-order valence-corrected chi connectivity index (χ0v) is 8.69. The molecular weight excluding hydrogens is 260 g/mol. The van der Waals surface area contributed by atoms with E-state index in [1.165, 1.54) is 6.07 Å². The minimum absolute atomic E-state index is 0.188. The SMILES string of the molecule is Fc1cc2oc(CCl)nc2cc1Br. The molecule has 0 spiro atoms. The van der Waals surface area contributed by atoms with Gasteiger partial charge < -0.3 is 4.42 Å². The molecule has 1 heterocycles. The Morgan fingerprint density at radius 2 is 2.31 bits per heavy atom. The molecule has 0 amide bonds. The van der Waals surface area contributed by atoms with Gasteiger partial charge in [-0.1, -0.05) is 0 Å². The molecule has 13 heavy (non-hydrogen) atoms. The molecule has 68 valence electrons. The van der Waals surface area contributed by atoms with E-state index in [1.807, 2.05) is 0 Å². The second kappa shape index (κ2) is 3.27. The van der Waals surface area contributed by atoms with E-state index in [0.717, 1.165) is 0 Å². The Morgan fingerprint density at radius 3 is 3.00 bits per heavy atom. The predicted molar refractivity (Wildman–Crippen MR) is 51.2 cm³/mol. The third-order valence-corrected chi connectivity index (χ3v) is 2.43. The standard InChI is InChI=1S/C8H4BrClFNO/c9-4-1-6-7(2-5(4)11)13-8(3-10)12-6/h1-2H,3H2. The number of hydrogen-bond acceptors (Lipinski definition) is 2. The van der Waals surface area contributed by atoms with Crippen LogP contribution >= 0.6 is 27.5 Å². The normalized spacial score (nSPS) is 11.0. The first-order valence-electron chi connectivity index (χ1n) is 3.51. The monoisotopic (exact) mass is 263 g/mol. The molecular formula is C8H4BrClFNO. The Morgan fingerprint density at radius 1 is 1.54 bits per heavy atom. The smallest absolute Gasteiger partial charge is 0.210 e. The second-order valence-electron chi connectivity index (χ2n) is 2.48. The van der Waals surface area contributed by atoms with Crippen molar-refractivity contribution >= 4 is 38.6 Å². The van der Waals surface area contributed by atoms with E-state index in [9.17, 15) is 4.39 Å². The Bertz CT molecular complexity index is 418. The molecule has 0 saturated heterocycles. The third kappa shape index (κ3) is 1.56. The number of fused-ring (bicyclic) bond motifs is 1. The highest BCUT2D eigenvalue weighted by Crippen LogP contribution is 2.24. The number of alkyl halides is 1. The average molecular weight is 264 g/mol. The molecule has 0 unspecified atom stereocenters. The van der Waals surface area contributed by atoms with Crippen molar-refractivity contribution in [3.8, 4) is 0 Å². The Labute approximate surface area is 86.8 Å². The zero-order valence-electron chi connectivity index (χ0n) is 6.35. The number of aromatic nitrogens is 1. The van der Waals surface area contributed by atoms with Gasteiger partial charge in [-0.3, -0.25) is 0 Å². The first-order chi connectivity index (χ1) is 6.20. The van der Waals surface area contributed by atoms with Crippen molar-refractivity contribution in [2.75, 3.05) is 0 Å². The second-order valence-corrected chi connectivity index (χ2v) is 3.60. The summed E-state index contributed by atoms with van der Waals surface area (Å²) in [5.74, 6) is 0.215. The van der Waals surface area contributed by atoms with Gasteiger partial charge in [0.25, 0.3) is 0 Å². The summed E-state index contributed by atoms with van der Waals surface area (Å²) in [7, 11) is 0. The fraction of sp³-hybridized carbons (Fsp3) is 0.125. The van der Waals surface area contributed by atoms with Crippen LogP contribution in [0.4, 0.5) is 4.39 Å². The molecule has 2 aromatic rings. The van der Waals surface area contributed by atoms with E-state index in [2.05, 4.69) is 20.9 Å². The minimum Gasteiger partial charge on any atom is -0.439 e. The summed E-state index contributed by atoms with van der Waals surface area (Å²) in [4.78, 5) is 4.04. The van der Waals surface area contributed by atoms with Gasteiger partial charge in [-0.15, -0.1) is 11.6 Å². The van der Waals surface area contributed by atoms with Gasteiger partial charge in [0, 0.05) is 6.07 Å². The van der Waals surface area contributed by atoms with Crippen molar-refractivity contribution in [2.45, 2.75) is 5.88 Å². The van der Waals surface area contributed by atoms with E-state index in [0.29, 0.717) is 21.5 Å². The summed E-state index contributed by atoms with van der Waals surface area (Å²) in [5.41, 5.74) is 1.01. The van der Waals surface area contributed by atoms with Crippen LogP contribution in [0.5, 0.6) is 0 Å². The number of oxazole rings is 1. The van der Waals surface area contributed by atoms with E-state index < -0.39 is 0 Å². The fourth-order valence-corrected chi connectivity index (χ4v) is 1.47. The van der Waals surface area contributed by atoms with Crippen molar-refractivity contribution in [1.82, 2.24) is 4.98 Å². The van der Waals surface area contributed by atoms with Crippen LogP contribution in [0.15, 0.2) is 21.0 Å². The Hall–Kier alpha value is -0.610. The Balaban J connectivity index is 2.70. The highest BCUT2D eigenvalue weighted by Gasteiger charge is 2.08. The van der Waals surface area contributed by atoms with E-state index in [4.69, 9.17) is 16.0 Å². The van der Waals surface area contributed by atoms with Crippen LogP contribution < -0.4 is 0 Å². The van der Waals surface area contributed by atoms with Gasteiger partial charge in [0.15, 0.2) is 5.58 Å². The van der Waals surface area contributed by atoms with E-state index in [-0.39, 0.29) is 11.7 Å². The van der Waals surface area contributed by atoms with Crippen LogP contribution in [-0.2, 0) is 5.88 Å². The van der Waals surface area contributed by atoms with Crippen molar-refractivity contribution in [1.29, 1.82) is 0 Å². The van der Waals surface area contributed by atoms with Gasteiger partial charge in [0.1, 0.15) is 11.3 Å². The van der Waals surface area contributed by atoms with Gasteiger partial charge in [0.2, 0.25) is 5.89 Å². The largest absolute Gasteiger partial charge is 0.439 e. The third-order valence-electron chi connectivity index (χ3n) is 1.59. The summed E-state index contributed by atoms with van der Waals surface area (Å²) in [6.07, 6.45) is 0. The molecule has 0 aliphatic carbocycles. The molecule has 5 heteroatoms. The zero-order chi connectivity index (χ0) is 9.42. The molecule has 0 radical (unpaired) electrons. The van der Waals surface area contributed by atoms with Crippen molar-refractivity contribution in [2.24, 2.45) is 0 Å². The lowest BCUT2D eigenvalue weighted by molar-refractivity contribution is 0.549. The van der Waals surface area contributed by atoms with Gasteiger partial charge in [-0.05, 0) is 22.0 Å². The first-order valence-corrected chi connectivity index (χ1v) is 4.84. The molecule has 2 nitrogen and oxygen atoms in total. The van der Waals surface area contributed by atoms with Gasteiger partial charge in [-0.2, -0.15) is 0 Å². The van der Waals surface area contributed by atoms with E-state index in [1.54, 1.807) is 6.07 Å². The summed E-state index contributed by atoms with van der Waals surface area (Å²) in [6, 6.07) is 2.84. The molecule has 0 bridgehead atoms. The van der Waals surface area contributed by atoms with Crippen molar-refractivity contribution in [3.63, 3.8) is 0 Å². The average Bonchev–Trinajstić information content (AvgIpc) is 2.48. The summed E-state index contributed by atoms with van der Waals surface area (Å²) >= 11 is 8.57. The molecule has 1 aromatic carbocycles. The maximum atomic E-state index is 13.0. The quantitative estimate of drug-likeness (QED) is 0.737. The molecule has 1 aromatic heterocycles. The molecule has 0 aliphatic rings. The molecule has 2 rings (SSSR count). The van der Waals surface area contributed by atoms with Crippen LogP contribution in [0, 0.1) is 5.82 Å². The summed E-state index contributed by atoms with van der Waals surface area (Å²) < 4.78 is 18.5. The number of hydrogen-bond donors (Lipinski definition) is 0. The lowest BCUT2D eigenvalue weighted by atomic mass is 10.3. The molecule has 0 saturated carbocycles. The van der Waals surface area contributed by atoms with Crippen LogP contribution in [0.3, 0.4) is 0 Å². The Kier molecular flexibility index (Phi) is 2.26. The fourth-order valence-electron chi connectivity index (χ4n) is 1.03. The topological polar surface area (TPSA) is 26.0 Å². The van der Waals surface area contributed by atoms with Crippen LogP contribution in [0.25, 0.3) is 11.1 Å². The van der Waals surface area contributed by atoms with Crippen molar-refractivity contribution < 1.29 is 8.81 Å². The lowest BCUT2D eigenvalue weighted by Gasteiger charge is -1.90. The number of rotatable bonds is 1. The summed E-state index contributed by atoms with van der Waals surface area (Å²) in [5, 5.41) is 0. The van der Waals surface area contributed by atoms with Crippen molar-refractivity contribution in [3.05, 3.63) is 28.3 Å². The minimum atomic E-state index is -0.371. The number of halogens is 3. The van der Waals surface area contributed by atoms with Crippen LogP contribution in [-0.4, -0.2) is 4.98 Å². The van der Waals surface area contributed by atoms with E-state index >= 15 is 0 Å². The molecule has 0 atom stereocenters. The highest BCUT2D eigenvalue weighted by molar-refractivity contribution is 9.10. The van der Waals surface area contributed by atoms with Gasteiger partial charge >= 0.3 is 0 Å². The molecule has 0 N–H and O–H groups in total. The predicted octanol–water partition coefficient (Wildman–Crippen LogP) is 3.47. The number of benzene rings is 1. The maximum absolute atomic E-state index is 13.0. The number of nitrogens with zero attached hydrogens (tertiary/aromatic N) is 1. The molecule has 0 aliphatic heterocycles. The maximum Gasteiger partial charge on any atom is 0.210 e. The molecule has 0 fully saturated rings. The first kappa shape index (κ1) is 8.97. The van der Waals surface area contributed by atoms with Gasteiger partial charge in [0.05, 0.1) is 10.4 Å².